The number of carbonyl (C=O) groups excluding carboxylic acids is 2. The van der Waals surface area contributed by atoms with Gasteiger partial charge in [0.25, 0.3) is 5.91 Å². The van der Waals surface area contributed by atoms with Gasteiger partial charge in [-0.3, -0.25) is 14.9 Å². The third kappa shape index (κ3) is 3.86. The normalized spacial score (nSPS) is 21.8. The van der Waals surface area contributed by atoms with Crippen molar-refractivity contribution >= 4 is 30.0 Å². The Hall–Kier alpha value is -1.86. The van der Waals surface area contributed by atoms with E-state index in [1.165, 1.54) is 0 Å². The molecule has 0 bridgehead atoms. The van der Waals surface area contributed by atoms with Gasteiger partial charge in [-0.05, 0) is 12.1 Å². The van der Waals surface area contributed by atoms with Crippen molar-refractivity contribution in [2.45, 2.75) is 18.9 Å². The summed E-state index contributed by atoms with van der Waals surface area (Å²) in [6, 6.07) is 3.71. The molecule has 3 heterocycles. The van der Waals surface area contributed by atoms with Gasteiger partial charge in [0, 0.05) is 39.0 Å². The summed E-state index contributed by atoms with van der Waals surface area (Å²) in [4.78, 5) is 29.3. The van der Waals surface area contributed by atoms with E-state index in [1.54, 1.807) is 6.20 Å². The number of halogens is 1. The molecule has 0 spiro atoms. The number of nitrogens with one attached hydrogen (secondary N) is 2. The molecule has 2 saturated heterocycles. The second-order valence-electron chi connectivity index (χ2n) is 5.15. The SMILES string of the molecule is Cl.O=C1CCC(Oc2ccc(N3CCNCC3)nc2)C(=O)N1. The fourth-order valence-corrected chi connectivity index (χ4v) is 2.47. The number of piperidine rings is 1. The minimum Gasteiger partial charge on any atom is -0.479 e. The highest BCUT2D eigenvalue weighted by atomic mass is 35.5. The minimum absolute atomic E-state index is 0. The molecule has 3 rings (SSSR count). The molecule has 2 aliphatic heterocycles. The molecule has 0 aromatic carbocycles. The van der Waals surface area contributed by atoms with E-state index in [2.05, 4.69) is 20.5 Å². The van der Waals surface area contributed by atoms with Crippen molar-refractivity contribution in [3.05, 3.63) is 18.3 Å². The molecule has 0 radical (unpaired) electrons. The molecule has 8 heteroatoms. The lowest BCUT2D eigenvalue weighted by Gasteiger charge is -2.28. The second-order valence-corrected chi connectivity index (χ2v) is 5.15. The zero-order valence-corrected chi connectivity index (χ0v) is 12.9. The van der Waals surface area contributed by atoms with Gasteiger partial charge >= 0.3 is 0 Å². The molecule has 22 heavy (non-hydrogen) atoms. The van der Waals surface area contributed by atoms with Crippen molar-refractivity contribution in [1.82, 2.24) is 15.6 Å². The average molecular weight is 327 g/mol. The van der Waals surface area contributed by atoms with Gasteiger partial charge in [-0.1, -0.05) is 0 Å². The van der Waals surface area contributed by atoms with Gasteiger partial charge in [0.1, 0.15) is 11.6 Å². The van der Waals surface area contributed by atoms with E-state index in [1.807, 2.05) is 12.1 Å². The lowest BCUT2D eigenvalue weighted by Crippen LogP contribution is -2.46. The number of anilines is 1. The number of rotatable bonds is 3. The molecule has 1 atom stereocenters. The number of carbonyl (C=O) groups is 2. The molecule has 120 valence electrons. The Balaban J connectivity index is 0.00000176. The standard InChI is InChI=1S/C14H18N4O3.ClH/c19-13-4-2-11(14(20)17-13)21-10-1-3-12(16-9-10)18-7-5-15-6-8-18;/h1,3,9,11,15H,2,4-8H2,(H,17,19,20);1H. The number of ether oxygens (including phenoxy) is 1. The maximum atomic E-state index is 11.6. The van der Waals surface area contributed by atoms with Crippen molar-refractivity contribution in [3.63, 3.8) is 0 Å². The van der Waals surface area contributed by atoms with Crippen LogP contribution in [0.5, 0.6) is 5.75 Å². The largest absolute Gasteiger partial charge is 0.479 e. The number of hydrogen-bond donors (Lipinski definition) is 2. The van der Waals surface area contributed by atoms with E-state index >= 15 is 0 Å². The van der Waals surface area contributed by atoms with Crippen molar-refractivity contribution in [1.29, 1.82) is 0 Å². The fourth-order valence-electron chi connectivity index (χ4n) is 2.47. The Kier molecular flexibility index (Phi) is 5.57. The second kappa shape index (κ2) is 7.42. The monoisotopic (exact) mass is 326 g/mol. The summed E-state index contributed by atoms with van der Waals surface area (Å²) in [5, 5.41) is 5.57. The van der Waals surface area contributed by atoms with Crippen LogP contribution >= 0.6 is 12.4 Å². The lowest BCUT2D eigenvalue weighted by molar-refractivity contribution is -0.138. The quantitative estimate of drug-likeness (QED) is 0.766. The van der Waals surface area contributed by atoms with Crippen LogP contribution in [0.2, 0.25) is 0 Å². The minimum atomic E-state index is -0.616. The fraction of sp³-hybridized carbons (Fsp3) is 0.500. The van der Waals surface area contributed by atoms with E-state index in [4.69, 9.17) is 4.74 Å². The molecule has 2 fully saturated rings. The molecule has 0 saturated carbocycles. The maximum absolute atomic E-state index is 11.6. The van der Waals surface area contributed by atoms with Crippen LogP contribution in [0.4, 0.5) is 5.82 Å². The number of amides is 2. The van der Waals surface area contributed by atoms with Crippen LogP contribution in [0.3, 0.4) is 0 Å². The lowest BCUT2D eigenvalue weighted by atomic mass is 10.1. The highest BCUT2D eigenvalue weighted by molar-refractivity contribution is 5.99. The van der Waals surface area contributed by atoms with Gasteiger partial charge in [0.05, 0.1) is 6.20 Å². The zero-order chi connectivity index (χ0) is 14.7. The van der Waals surface area contributed by atoms with Crippen LogP contribution in [0.25, 0.3) is 0 Å². The summed E-state index contributed by atoms with van der Waals surface area (Å²) in [5.74, 6) is 0.833. The van der Waals surface area contributed by atoms with Crippen molar-refractivity contribution in [3.8, 4) is 5.75 Å². The maximum Gasteiger partial charge on any atom is 0.267 e. The van der Waals surface area contributed by atoms with E-state index < -0.39 is 6.10 Å². The van der Waals surface area contributed by atoms with Crippen LogP contribution in [-0.2, 0) is 9.59 Å². The molecular formula is C14H19ClN4O3. The summed E-state index contributed by atoms with van der Waals surface area (Å²) in [6.07, 6.45) is 1.73. The number of nitrogens with zero attached hydrogens (tertiary/aromatic N) is 2. The molecule has 7 nitrogen and oxygen atoms in total. The van der Waals surface area contributed by atoms with Crippen LogP contribution in [0, 0.1) is 0 Å². The Morgan fingerprint density at radius 3 is 2.64 bits per heavy atom. The van der Waals surface area contributed by atoms with Crippen LogP contribution in [0.15, 0.2) is 18.3 Å². The first kappa shape index (κ1) is 16.5. The Morgan fingerprint density at radius 1 is 1.23 bits per heavy atom. The molecular weight excluding hydrogens is 308 g/mol. The molecule has 1 aromatic rings. The van der Waals surface area contributed by atoms with Crippen LogP contribution in [-0.4, -0.2) is 49.1 Å². The molecule has 2 N–H and O–H groups in total. The third-order valence-corrected chi connectivity index (χ3v) is 3.63. The first-order valence-electron chi connectivity index (χ1n) is 7.14. The topological polar surface area (TPSA) is 83.6 Å². The summed E-state index contributed by atoms with van der Waals surface area (Å²) >= 11 is 0. The summed E-state index contributed by atoms with van der Waals surface area (Å²) in [6.45, 7) is 3.77. The summed E-state index contributed by atoms with van der Waals surface area (Å²) < 4.78 is 5.60. The van der Waals surface area contributed by atoms with Crippen molar-refractivity contribution in [2.24, 2.45) is 0 Å². The Morgan fingerprint density at radius 2 is 2.00 bits per heavy atom. The summed E-state index contributed by atoms with van der Waals surface area (Å²) in [5.41, 5.74) is 0. The molecule has 2 aliphatic rings. The third-order valence-electron chi connectivity index (χ3n) is 3.63. The zero-order valence-electron chi connectivity index (χ0n) is 12.1. The van der Waals surface area contributed by atoms with Gasteiger partial charge in [-0.2, -0.15) is 0 Å². The number of pyridine rings is 1. The molecule has 0 aliphatic carbocycles. The highest BCUT2D eigenvalue weighted by Crippen LogP contribution is 2.19. The van der Waals surface area contributed by atoms with Gasteiger partial charge < -0.3 is 15.0 Å². The highest BCUT2D eigenvalue weighted by Gasteiger charge is 2.28. The first-order chi connectivity index (χ1) is 10.2. The van der Waals surface area contributed by atoms with Gasteiger partial charge in [0.15, 0.2) is 6.10 Å². The van der Waals surface area contributed by atoms with Gasteiger partial charge in [0.2, 0.25) is 5.91 Å². The average Bonchev–Trinajstić information content (AvgIpc) is 2.52. The number of hydrogen-bond acceptors (Lipinski definition) is 6. The number of imide groups is 1. The smallest absolute Gasteiger partial charge is 0.267 e. The number of piperazine rings is 1. The predicted octanol–water partition coefficient (Wildman–Crippen LogP) is 0.0970. The van der Waals surface area contributed by atoms with Crippen molar-refractivity contribution in [2.75, 3.05) is 31.1 Å². The molecule has 1 unspecified atom stereocenters. The van der Waals surface area contributed by atoms with Crippen LogP contribution < -0.4 is 20.3 Å². The first-order valence-corrected chi connectivity index (χ1v) is 7.14. The van der Waals surface area contributed by atoms with Gasteiger partial charge in [-0.15, -0.1) is 12.4 Å². The van der Waals surface area contributed by atoms with Crippen LogP contribution in [0.1, 0.15) is 12.8 Å². The van der Waals surface area contributed by atoms with Crippen molar-refractivity contribution < 1.29 is 14.3 Å². The molecule has 1 aromatic heterocycles. The van der Waals surface area contributed by atoms with E-state index in [0.717, 1.165) is 32.0 Å². The number of aromatic nitrogens is 1. The summed E-state index contributed by atoms with van der Waals surface area (Å²) in [7, 11) is 0. The van der Waals surface area contributed by atoms with Gasteiger partial charge in [-0.25, -0.2) is 4.98 Å². The van der Waals surface area contributed by atoms with E-state index in [-0.39, 0.29) is 24.2 Å². The van der Waals surface area contributed by atoms with E-state index in [0.29, 0.717) is 18.6 Å². The predicted molar refractivity (Wildman–Crippen MR) is 83.4 cm³/mol. The Labute approximate surface area is 134 Å². The Bertz CT molecular complexity index is 531. The molecule has 2 amide bonds. The van der Waals surface area contributed by atoms with E-state index in [9.17, 15) is 9.59 Å².